The summed E-state index contributed by atoms with van der Waals surface area (Å²) in [6.07, 6.45) is 0. The first kappa shape index (κ1) is 16.4. The van der Waals surface area contributed by atoms with Gasteiger partial charge in [0.1, 0.15) is 11.4 Å². The monoisotopic (exact) mass is 320 g/mol. The summed E-state index contributed by atoms with van der Waals surface area (Å²) in [7, 11) is 0. The lowest BCUT2D eigenvalue weighted by atomic mass is 10.1. The van der Waals surface area contributed by atoms with Crippen LogP contribution in [0.15, 0.2) is 54.6 Å². The first-order valence-electron chi connectivity index (χ1n) is 8.41. The third-order valence-corrected chi connectivity index (χ3v) is 4.02. The summed E-state index contributed by atoms with van der Waals surface area (Å²) in [6, 6.07) is 19.1. The van der Waals surface area contributed by atoms with Crippen LogP contribution in [0.3, 0.4) is 0 Å². The van der Waals surface area contributed by atoms with Gasteiger partial charge in [-0.2, -0.15) is 15.0 Å². The molecule has 3 aromatic rings. The summed E-state index contributed by atoms with van der Waals surface area (Å²) in [5.74, 6) is 0. The van der Waals surface area contributed by atoms with E-state index in [4.69, 9.17) is 10.2 Å². The molecule has 3 rings (SSSR count). The second kappa shape index (κ2) is 7.41. The SMILES string of the molecule is Cc1ccccc1Cn1nc(CNC(C)C)c(-c2ccccc2)n1. The predicted molar refractivity (Wildman–Crippen MR) is 97.7 cm³/mol. The van der Waals surface area contributed by atoms with Crippen LogP contribution in [-0.2, 0) is 13.1 Å². The zero-order chi connectivity index (χ0) is 16.9. The summed E-state index contributed by atoms with van der Waals surface area (Å²) < 4.78 is 0. The number of benzene rings is 2. The first-order chi connectivity index (χ1) is 11.6. The Hall–Kier alpha value is -2.46. The molecule has 4 nitrogen and oxygen atoms in total. The highest BCUT2D eigenvalue weighted by molar-refractivity contribution is 5.60. The molecule has 1 aromatic heterocycles. The van der Waals surface area contributed by atoms with Crippen LogP contribution < -0.4 is 5.32 Å². The minimum absolute atomic E-state index is 0.412. The van der Waals surface area contributed by atoms with Crippen molar-refractivity contribution in [2.24, 2.45) is 0 Å². The lowest BCUT2D eigenvalue weighted by Gasteiger charge is -2.06. The van der Waals surface area contributed by atoms with E-state index in [1.54, 1.807) is 0 Å². The second-order valence-electron chi connectivity index (χ2n) is 6.35. The van der Waals surface area contributed by atoms with Crippen molar-refractivity contribution in [1.82, 2.24) is 20.3 Å². The maximum absolute atomic E-state index is 4.76. The topological polar surface area (TPSA) is 42.7 Å². The molecule has 0 aliphatic heterocycles. The lowest BCUT2D eigenvalue weighted by molar-refractivity contribution is 0.554. The van der Waals surface area contributed by atoms with Gasteiger partial charge < -0.3 is 5.32 Å². The standard InChI is InChI=1S/C20H24N4/c1-15(2)21-13-19-20(17-10-5-4-6-11-17)23-24(22-19)14-18-12-8-7-9-16(18)3/h4-12,15,21H,13-14H2,1-3H3. The zero-order valence-electron chi connectivity index (χ0n) is 14.5. The van der Waals surface area contributed by atoms with Crippen molar-refractivity contribution < 1.29 is 0 Å². The zero-order valence-corrected chi connectivity index (χ0v) is 14.5. The van der Waals surface area contributed by atoms with Crippen molar-refractivity contribution in [3.8, 4) is 11.3 Å². The van der Waals surface area contributed by atoms with Crippen LogP contribution in [0.5, 0.6) is 0 Å². The Morgan fingerprint density at radius 3 is 2.38 bits per heavy atom. The van der Waals surface area contributed by atoms with Crippen LogP contribution in [-0.4, -0.2) is 21.0 Å². The molecule has 24 heavy (non-hydrogen) atoms. The molecule has 2 aromatic carbocycles. The van der Waals surface area contributed by atoms with Crippen LogP contribution in [0, 0.1) is 6.92 Å². The van der Waals surface area contributed by atoms with E-state index in [0.29, 0.717) is 12.6 Å². The van der Waals surface area contributed by atoms with Crippen molar-refractivity contribution >= 4 is 0 Å². The molecule has 0 bridgehead atoms. The number of rotatable bonds is 6. The van der Waals surface area contributed by atoms with Crippen LogP contribution in [0.1, 0.15) is 30.7 Å². The molecular weight excluding hydrogens is 296 g/mol. The molecular formula is C20H24N4. The van der Waals surface area contributed by atoms with Gasteiger partial charge in [0.15, 0.2) is 0 Å². The van der Waals surface area contributed by atoms with E-state index in [0.717, 1.165) is 23.5 Å². The molecule has 0 amide bonds. The van der Waals surface area contributed by atoms with Crippen molar-refractivity contribution in [2.75, 3.05) is 0 Å². The minimum atomic E-state index is 0.412. The lowest BCUT2D eigenvalue weighted by Crippen LogP contribution is -2.22. The summed E-state index contributed by atoms with van der Waals surface area (Å²) in [5.41, 5.74) is 5.56. The number of hydrogen-bond donors (Lipinski definition) is 1. The van der Waals surface area contributed by atoms with Crippen molar-refractivity contribution in [2.45, 2.75) is 39.9 Å². The maximum atomic E-state index is 4.76. The average molecular weight is 320 g/mol. The average Bonchev–Trinajstić information content (AvgIpc) is 2.99. The molecule has 1 N–H and O–H groups in total. The van der Waals surface area contributed by atoms with E-state index in [9.17, 15) is 0 Å². The number of aryl methyl sites for hydroxylation is 1. The molecule has 0 fully saturated rings. The predicted octanol–water partition coefficient (Wildman–Crippen LogP) is 3.80. The number of nitrogens with one attached hydrogen (secondary N) is 1. The van der Waals surface area contributed by atoms with Gasteiger partial charge in [-0.3, -0.25) is 0 Å². The number of aromatic nitrogens is 3. The fourth-order valence-corrected chi connectivity index (χ4v) is 2.63. The Balaban J connectivity index is 1.92. The van der Waals surface area contributed by atoms with Crippen LogP contribution in [0.2, 0.25) is 0 Å². The van der Waals surface area contributed by atoms with Gasteiger partial charge in [0.25, 0.3) is 0 Å². The van der Waals surface area contributed by atoms with Crippen molar-refractivity contribution in [3.05, 3.63) is 71.4 Å². The number of nitrogens with zero attached hydrogens (tertiary/aromatic N) is 3. The summed E-state index contributed by atoms with van der Waals surface area (Å²) >= 11 is 0. The summed E-state index contributed by atoms with van der Waals surface area (Å²) in [4.78, 5) is 1.81. The van der Waals surface area contributed by atoms with Crippen LogP contribution >= 0.6 is 0 Å². The maximum Gasteiger partial charge on any atom is 0.117 e. The Morgan fingerprint density at radius 1 is 0.958 bits per heavy atom. The molecule has 0 radical (unpaired) electrons. The van der Waals surface area contributed by atoms with E-state index < -0.39 is 0 Å². The molecule has 0 aliphatic rings. The van der Waals surface area contributed by atoms with Gasteiger partial charge in [0.05, 0.1) is 6.54 Å². The molecule has 0 spiro atoms. The number of hydrogen-bond acceptors (Lipinski definition) is 3. The minimum Gasteiger partial charge on any atom is -0.309 e. The Bertz CT molecular complexity index is 790. The van der Waals surface area contributed by atoms with Gasteiger partial charge in [-0.25, -0.2) is 0 Å². The molecule has 0 saturated heterocycles. The fourth-order valence-electron chi connectivity index (χ4n) is 2.63. The molecule has 124 valence electrons. The highest BCUT2D eigenvalue weighted by atomic mass is 15.5. The Morgan fingerprint density at radius 2 is 1.67 bits per heavy atom. The quantitative estimate of drug-likeness (QED) is 0.751. The molecule has 4 heteroatoms. The van der Waals surface area contributed by atoms with Gasteiger partial charge >= 0.3 is 0 Å². The van der Waals surface area contributed by atoms with E-state index >= 15 is 0 Å². The van der Waals surface area contributed by atoms with Gasteiger partial charge in [-0.1, -0.05) is 68.4 Å². The van der Waals surface area contributed by atoms with Crippen molar-refractivity contribution in [3.63, 3.8) is 0 Å². The second-order valence-corrected chi connectivity index (χ2v) is 6.35. The summed E-state index contributed by atoms with van der Waals surface area (Å²) in [5, 5.41) is 12.9. The molecule has 0 aliphatic carbocycles. The third-order valence-electron chi connectivity index (χ3n) is 4.02. The highest BCUT2D eigenvalue weighted by Crippen LogP contribution is 2.20. The Labute approximate surface area is 143 Å². The third kappa shape index (κ3) is 3.89. The van der Waals surface area contributed by atoms with Crippen molar-refractivity contribution in [1.29, 1.82) is 0 Å². The van der Waals surface area contributed by atoms with Gasteiger partial charge in [-0.05, 0) is 18.1 Å². The van der Waals surface area contributed by atoms with Gasteiger partial charge in [0.2, 0.25) is 0 Å². The smallest absolute Gasteiger partial charge is 0.117 e. The molecule has 1 heterocycles. The first-order valence-corrected chi connectivity index (χ1v) is 8.41. The van der Waals surface area contributed by atoms with Gasteiger partial charge in [0, 0.05) is 18.2 Å². The van der Waals surface area contributed by atoms with E-state index in [2.05, 4.69) is 62.5 Å². The van der Waals surface area contributed by atoms with E-state index in [-0.39, 0.29) is 0 Å². The van der Waals surface area contributed by atoms with E-state index in [1.807, 2.05) is 23.0 Å². The Kier molecular flexibility index (Phi) is 5.06. The molecule has 0 saturated carbocycles. The van der Waals surface area contributed by atoms with Crippen LogP contribution in [0.25, 0.3) is 11.3 Å². The van der Waals surface area contributed by atoms with Crippen LogP contribution in [0.4, 0.5) is 0 Å². The fraction of sp³-hybridized carbons (Fsp3) is 0.300. The molecule has 0 unspecified atom stereocenters. The van der Waals surface area contributed by atoms with Gasteiger partial charge in [-0.15, -0.1) is 0 Å². The summed E-state index contributed by atoms with van der Waals surface area (Å²) in [6.45, 7) is 7.81. The largest absolute Gasteiger partial charge is 0.309 e. The highest BCUT2D eigenvalue weighted by Gasteiger charge is 2.14. The normalized spacial score (nSPS) is 11.2. The molecule has 0 atom stereocenters. The van der Waals surface area contributed by atoms with E-state index in [1.165, 1.54) is 11.1 Å².